The first-order valence-electron chi connectivity index (χ1n) is 12.0. The molecular weight excluding hydrogens is 466 g/mol. The molecule has 0 atom stereocenters. The number of carbonyl (C=O) groups excluding carboxylic acids is 1. The van der Waals surface area contributed by atoms with Crippen molar-refractivity contribution in [1.29, 1.82) is 0 Å². The lowest BCUT2D eigenvalue weighted by molar-refractivity contribution is -0.121. The van der Waals surface area contributed by atoms with Crippen LogP contribution in [0, 0.1) is 0 Å². The zero-order valence-corrected chi connectivity index (χ0v) is 21.0. The molecule has 1 aliphatic heterocycles. The van der Waals surface area contributed by atoms with E-state index in [4.69, 9.17) is 4.74 Å². The maximum absolute atomic E-state index is 12.6. The van der Waals surface area contributed by atoms with Crippen LogP contribution < -0.4 is 16.4 Å². The summed E-state index contributed by atoms with van der Waals surface area (Å²) in [5.41, 5.74) is -0.137. The van der Waals surface area contributed by atoms with E-state index in [1.165, 1.54) is 14.0 Å². The summed E-state index contributed by atoms with van der Waals surface area (Å²) in [5.74, 6) is -0.274. The van der Waals surface area contributed by atoms with Crippen molar-refractivity contribution in [1.82, 2.24) is 24.3 Å². The second-order valence-corrected chi connectivity index (χ2v) is 9.79. The van der Waals surface area contributed by atoms with Crippen LogP contribution >= 0.6 is 11.3 Å². The van der Waals surface area contributed by atoms with E-state index >= 15 is 0 Å². The van der Waals surface area contributed by atoms with E-state index in [1.54, 1.807) is 42.6 Å². The van der Waals surface area contributed by atoms with Gasteiger partial charge in [-0.1, -0.05) is 18.2 Å². The SMILES string of the molecule is Cn1c(=O)c(=O)n(CC(=O)NCCCN(CCN2CCOCC2)Cc2cccs2)c2ccccc21. The molecule has 4 rings (SSSR count). The first-order valence-corrected chi connectivity index (χ1v) is 12.9. The minimum atomic E-state index is -0.688. The number of fused-ring (bicyclic) bond motifs is 1. The number of para-hydroxylation sites is 2. The summed E-state index contributed by atoms with van der Waals surface area (Å²) in [4.78, 5) is 43.7. The molecule has 10 heteroatoms. The fourth-order valence-electron chi connectivity index (χ4n) is 4.34. The maximum atomic E-state index is 12.6. The Balaban J connectivity index is 1.30. The maximum Gasteiger partial charge on any atom is 0.317 e. The normalized spacial score (nSPS) is 14.6. The topological polar surface area (TPSA) is 88.8 Å². The molecule has 2 aromatic heterocycles. The largest absolute Gasteiger partial charge is 0.379 e. The Morgan fingerprint density at radius 2 is 1.83 bits per heavy atom. The van der Waals surface area contributed by atoms with Crippen LogP contribution in [0.1, 0.15) is 11.3 Å². The molecule has 35 heavy (non-hydrogen) atoms. The minimum absolute atomic E-state index is 0.175. The molecule has 3 aromatic rings. The summed E-state index contributed by atoms with van der Waals surface area (Å²) in [6, 6.07) is 11.3. The van der Waals surface area contributed by atoms with Gasteiger partial charge in [-0.25, -0.2) is 0 Å². The van der Waals surface area contributed by atoms with Crippen molar-refractivity contribution in [3.05, 3.63) is 67.4 Å². The fraction of sp³-hybridized carbons (Fsp3) is 0.480. The molecule has 1 aromatic carbocycles. The molecule has 3 heterocycles. The van der Waals surface area contributed by atoms with E-state index in [1.807, 2.05) is 0 Å². The Kier molecular flexibility index (Phi) is 8.86. The monoisotopic (exact) mass is 499 g/mol. The number of amides is 1. The van der Waals surface area contributed by atoms with Crippen LogP contribution in [0.25, 0.3) is 11.0 Å². The highest BCUT2D eigenvalue weighted by atomic mass is 32.1. The van der Waals surface area contributed by atoms with Crippen molar-refractivity contribution in [2.45, 2.75) is 19.5 Å². The number of ether oxygens (including phenoxy) is 1. The van der Waals surface area contributed by atoms with Crippen molar-refractivity contribution in [2.75, 3.05) is 52.5 Å². The van der Waals surface area contributed by atoms with Gasteiger partial charge in [0.1, 0.15) is 6.54 Å². The highest BCUT2D eigenvalue weighted by Crippen LogP contribution is 2.12. The van der Waals surface area contributed by atoms with Crippen LogP contribution in [0.4, 0.5) is 0 Å². The van der Waals surface area contributed by atoms with Crippen LogP contribution in [0.3, 0.4) is 0 Å². The third-order valence-electron chi connectivity index (χ3n) is 6.34. The number of nitrogens with one attached hydrogen (secondary N) is 1. The van der Waals surface area contributed by atoms with Gasteiger partial charge in [-0.3, -0.25) is 28.8 Å². The van der Waals surface area contributed by atoms with Crippen LogP contribution in [0.2, 0.25) is 0 Å². The van der Waals surface area contributed by atoms with Gasteiger partial charge in [-0.2, -0.15) is 0 Å². The predicted octanol–water partition coefficient (Wildman–Crippen LogP) is 1.10. The Labute approximate surface area is 208 Å². The first-order chi connectivity index (χ1) is 17.0. The van der Waals surface area contributed by atoms with Crippen molar-refractivity contribution >= 4 is 28.3 Å². The number of morpholine rings is 1. The number of hydrogen-bond acceptors (Lipinski definition) is 7. The zero-order chi connectivity index (χ0) is 24.6. The number of carbonyl (C=O) groups is 1. The van der Waals surface area contributed by atoms with Crippen molar-refractivity contribution in [3.8, 4) is 0 Å². The van der Waals surface area contributed by atoms with Gasteiger partial charge in [0.2, 0.25) is 5.91 Å². The Hall–Kier alpha value is -2.79. The lowest BCUT2D eigenvalue weighted by Crippen LogP contribution is -2.43. The molecule has 1 fully saturated rings. The summed E-state index contributed by atoms with van der Waals surface area (Å²) in [7, 11) is 1.57. The molecule has 0 unspecified atom stereocenters. The van der Waals surface area contributed by atoms with Gasteiger partial charge in [0, 0.05) is 57.7 Å². The summed E-state index contributed by atoms with van der Waals surface area (Å²) in [5, 5.41) is 5.01. The van der Waals surface area contributed by atoms with Gasteiger partial charge in [-0.15, -0.1) is 11.3 Å². The van der Waals surface area contributed by atoms with Gasteiger partial charge < -0.3 is 14.6 Å². The van der Waals surface area contributed by atoms with Gasteiger partial charge in [0.15, 0.2) is 0 Å². The number of rotatable bonds is 11. The molecule has 1 aliphatic rings. The summed E-state index contributed by atoms with van der Waals surface area (Å²) in [6.45, 7) is 7.58. The lowest BCUT2D eigenvalue weighted by Gasteiger charge is -2.30. The molecule has 0 spiro atoms. The van der Waals surface area contributed by atoms with E-state index < -0.39 is 11.1 Å². The van der Waals surface area contributed by atoms with Crippen molar-refractivity contribution in [2.24, 2.45) is 7.05 Å². The molecule has 0 saturated carbocycles. The molecular formula is C25H33N5O4S. The van der Waals surface area contributed by atoms with Gasteiger partial charge >= 0.3 is 11.1 Å². The summed E-state index contributed by atoms with van der Waals surface area (Å²) >= 11 is 1.76. The third kappa shape index (κ3) is 6.66. The molecule has 0 bridgehead atoms. The van der Waals surface area contributed by atoms with Crippen LogP contribution in [-0.2, 0) is 29.7 Å². The summed E-state index contributed by atoms with van der Waals surface area (Å²) in [6.07, 6.45) is 0.798. The van der Waals surface area contributed by atoms with Crippen molar-refractivity contribution < 1.29 is 9.53 Å². The second-order valence-electron chi connectivity index (χ2n) is 8.76. The zero-order valence-electron chi connectivity index (χ0n) is 20.1. The number of hydrogen-bond donors (Lipinski definition) is 1. The first kappa shape index (κ1) is 25.3. The number of aryl methyl sites for hydroxylation is 1. The molecule has 1 N–H and O–H groups in total. The quantitative estimate of drug-likeness (QED) is 0.314. The molecule has 188 valence electrons. The van der Waals surface area contributed by atoms with Crippen LogP contribution in [0.15, 0.2) is 51.4 Å². The number of nitrogens with zero attached hydrogens (tertiary/aromatic N) is 4. The minimum Gasteiger partial charge on any atom is -0.379 e. The number of benzene rings is 1. The van der Waals surface area contributed by atoms with Crippen molar-refractivity contribution in [3.63, 3.8) is 0 Å². The van der Waals surface area contributed by atoms with E-state index in [0.29, 0.717) is 17.6 Å². The van der Waals surface area contributed by atoms with E-state index in [-0.39, 0.29) is 12.5 Å². The average molecular weight is 500 g/mol. The molecule has 1 amide bonds. The standard InChI is InChI=1S/C25H33N5O4S/c1-27-21-7-2-3-8-22(21)30(25(33)24(27)32)19-23(31)26-9-5-10-29(18-20-6-4-17-35-20)12-11-28-13-15-34-16-14-28/h2-4,6-8,17H,5,9-16,18-19H2,1H3,(H,26,31). The van der Waals surface area contributed by atoms with Gasteiger partial charge in [0.05, 0.1) is 24.2 Å². The van der Waals surface area contributed by atoms with E-state index in [2.05, 4.69) is 32.6 Å². The average Bonchev–Trinajstić information content (AvgIpc) is 3.40. The molecule has 1 saturated heterocycles. The highest BCUT2D eigenvalue weighted by Gasteiger charge is 2.15. The number of aromatic nitrogens is 2. The van der Waals surface area contributed by atoms with Crippen LogP contribution in [0.5, 0.6) is 0 Å². The predicted molar refractivity (Wildman–Crippen MR) is 138 cm³/mol. The van der Waals surface area contributed by atoms with E-state index in [0.717, 1.165) is 58.9 Å². The molecule has 0 radical (unpaired) electrons. The van der Waals surface area contributed by atoms with Crippen LogP contribution in [-0.4, -0.2) is 77.3 Å². The van der Waals surface area contributed by atoms with E-state index in [9.17, 15) is 14.4 Å². The van der Waals surface area contributed by atoms with Gasteiger partial charge in [-0.05, 0) is 30.0 Å². The Bertz CT molecular complexity index is 1230. The smallest absolute Gasteiger partial charge is 0.317 e. The second kappa shape index (κ2) is 12.3. The van der Waals surface area contributed by atoms with Gasteiger partial charge in [0.25, 0.3) is 0 Å². The highest BCUT2D eigenvalue weighted by molar-refractivity contribution is 7.09. The molecule has 9 nitrogen and oxygen atoms in total. The third-order valence-corrected chi connectivity index (χ3v) is 7.20. The Morgan fingerprint density at radius 3 is 2.57 bits per heavy atom. The summed E-state index contributed by atoms with van der Waals surface area (Å²) < 4.78 is 8.03. The lowest BCUT2D eigenvalue weighted by atomic mass is 10.3. The molecule has 0 aliphatic carbocycles. The number of thiophene rings is 1. The Morgan fingerprint density at radius 1 is 1.06 bits per heavy atom. The fourth-order valence-corrected chi connectivity index (χ4v) is 5.09.